The molecule has 2 aromatic rings. The first kappa shape index (κ1) is 24.1. The summed E-state index contributed by atoms with van der Waals surface area (Å²) < 4.78 is 0. The number of hydrogen-bond acceptors (Lipinski definition) is 3. The van der Waals surface area contributed by atoms with Gasteiger partial charge in [-0.3, -0.25) is 14.5 Å². The summed E-state index contributed by atoms with van der Waals surface area (Å²) in [6, 6.07) is 15.3. The van der Waals surface area contributed by atoms with E-state index in [0.29, 0.717) is 35.8 Å². The fourth-order valence-electron chi connectivity index (χ4n) is 5.31. The fourth-order valence-corrected chi connectivity index (χ4v) is 5.44. The third-order valence-electron chi connectivity index (χ3n) is 7.12. The zero-order chi connectivity index (χ0) is 25.2. The second kappa shape index (κ2) is 10.2. The largest absolute Gasteiger partial charge is 0.341 e. The maximum Gasteiger partial charge on any atom is 0.322 e. The molecule has 4 amide bonds. The van der Waals surface area contributed by atoms with E-state index in [2.05, 4.69) is 11.9 Å². The monoisotopic (exact) mass is 504 g/mol. The number of halogens is 1. The van der Waals surface area contributed by atoms with E-state index in [1.807, 2.05) is 47.4 Å². The summed E-state index contributed by atoms with van der Waals surface area (Å²) in [6.07, 6.45) is 3.99. The van der Waals surface area contributed by atoms with Crippen LogP contribution in [0.1, 0.15) is 30.0 Å². The minimum Gasteiger partial charge on any atom is -0.341 e. The Balaban J connectivity index is 1.53. The van der Waals surface area contributed by atoms with Gasteiger partial charge in [-0.25, -0.2) is 4.79 Å². The average Bonchev–Trinajstić information content (AvgIpc) is 3.54. The molecule has 0 bridgehead atoms. The summed E-state index contributed by atoms with van der Waals surface area (Å²) in [7, 11) is 0. The molecule has 2 aromatic carbocycles. The predicted octanol–water partition coefficient (Wildman–Crippen LogP) is 3.92. The lowest BCUT2D eigenvalue weighted by molar-refractivity contribution is -0.142. The van der Waals surface area contributed by atoms with Crippen LogP contribution in [0.3, 0.4) is 0 Å². The summed E-state index contributed by atoms with van der Waals surface area (Å²) in [5.74, 6) is -0.269. The second-order valence-electron chi connectivity index (χ2n) is 9.36. The van der Waals surface area contributed by atoms with Crippen LogP contribution < -0.4 is 5.32 Å². The van der Waals surface area contributed by atoms with Gasteiger partial charge in [0.25, 0.3) is 5.91 Å². The van der Waals surface area contributed by atoms with Crippen LogP contribution in [-0.2, 0) is 16.0 Å². The smallest absolute Gasteiger partial charge is 0.322 e. The van der Waals surface area contributed by atoms with E-state index >= 15 is 0 Å². The number of urea groups is 1. The van der Waals surface area contributed by atoms with Crippen LogP contribution in [0.15, 0.2) is 78.5 Å². The Morgan fingerprint density at radius 3 is 2.44 bits per heavy atom. The van der Waals surface area contributed by atoms with Crippen LogP contribution in [0, 0.1) is 0 Å². The van der Waals surface area contributed by atoms with Gasteiger partial charge in [-0.05, 0) is 36.1 Å². The molecule has 2 atom stereocenters. The molecule has 8 heteroatoms. The average molecular weight is 505 g/mol. The molecule has 0 unspecified atom stereocenters. The van der Waals surface area contributed by atoms with Gasteiger partial charge in [-0.15, -0.1) is 6.58 Å². The van der Waals surface area contributed by atoms with Gasteiger partial charge in [0.05, 0.1) is 23.9 Å². The number of nitrogens with one attached hydrogen (secondary N) is 1. The molecule has 0 aromatic heterocycles. The summed E-state index contributed by atoms with van der Waals surface area (Å²) >= 11 is 6.09. The normalized spacial score (nSPS) is 20.5. The quantitative estimate of drug-likeness (QED) is 0.581. The highest BCUT2D eigenvalue weighted by Gasteiger charge is 2.47. The minimum atomic E-state index is -0.657. The van der Waals surface area contributed by atoms with Gasteiger partial charge >= 0.3 is 6.03 Å². The van der Waals surface area contributed by atoms with Crippen molar-refractivity contribution in [3.05, 3.63) is 94.7 Å². The van der Waals surface area contributed by atoms with E-state index < -0.39 is 12.1 Å². The summed E-state index contributed by atoms with van der Waals surface area (Å²) in [5.41, 5.74) is 2.86. The van der Waals surface area contributed by atoms with Crippen molar-refractivity contribution in [3.8, 4) is 0 Å². The van der Waals surface area contributed by atoms with E-state index in [1.54, 1.807) is 28.0 Å². The van der Waals surface area contributed by atoms with E-state index in [0.717, 1.165) is 24.0 Å². The van der Waals surface area contributed by atoms with Crippen molar-refractivity contribution in [2.45, 2.75) is 31.3 Å². The van der Waals surface area contributed by atoms with E-state index in [1.165, 1.54) is 0 Å². The SMILES string of the molecule is C=CCN1C(=O)N[C@H](c2ccc(Cl)cc2)C2=C1CN([C@@H](Cc1ccccc1)C(=O)N1CCCC1)C2=O. The maximum absolute atomic E-state index is 14.1. The Hall–Kier alpha value is -3.58. The minimum absolute atomic E-state index is 0.0397. The standard InChI is InChI=1S/C28H29ClN4O3/c1-2-14-32-23-18-33(22(17-19-8-4-3-5-9-19)26(34)31-15-6-7-16-31)27(35)24(23)25(30-28(32)36)20-10-12-21(29)13-11-20/h2-5,8-13,22,25H,1,6-7,14-18H2,(H,30,36)/t22-,25+/m0/s1. The van der Waals surface area contributed by atoms with E-state index in [9.17, 15) is 14.4 Å². The van der Waals surface area contributed by atoms with Crippen molar-refractivity contribution in [1.29, 1.82) is 0 Å². The highest BCUT2D eigenvalue weighted by atomic mass is 35.5. The number of likely N-dealkylation sites (tertiary alicyclic amines) is 1. The third kappa shape index (κ3) is 4.51. The van der Waals surface area contributed by atoms with Gasteiger partial charge in [0.2, 0.25) is 5.91 Å². The molecular formula is C28H29ClN4O3. The van der Waals surface area contributed by atoms with Crippen molar-refractivity contribution in [3.63, 3.8) is 0 Å². The lowest BCUT2D eigenvalue weighted by Crippen LogP contribution is -2.50. The van der Waals surface area contributed by atoms with Crippen molar-refractivity contribution in [2.75, 3.05) is 26.2 Å². The Morgan fingerprint density at radius 2 is 1.78 bits per heavy atom. The molecule has 0 spiro atoms. The number of amides is 4. The predicted molar refractivity (Wildman–Crippen MR) is 138 cm³/mol. The van der Waals surface area contributed by atoms with Gasteiger partial charge in [-0.2, -0.15) is 0 Å². The number of rotatable bonds is 7. The Labute approximate surface area is 216 Å². The van der Waals surface area contributed by atoms with Crippen LogP contribution in [-0.4, -0.2) is 64.8 Å². The van der Waals surface area contributed by atoms with Crippen molar-refractivity contribution in [1.82, 2.24) is 20.0 Å². The van der Waals surface area contributed by atoms with Gasteiger partial charge in [0.15, 0.2) is 0 Å². The van der Waals surface area contributed by atoms with Gasteiger partial charge in [0, 0.05) is 31.1 Å². The van der Waals surface area contributed by atoms with Gasteiger partial charge < -0.3 is 15.1 Å². The fraction of sp³-hybridized carbons (Fsp3) is 0.321. The third-order valence-corrected chi connectivity index (χ3v) is 7.37. The zero-order valence-electron chi connectivity index (χ0n) is 20.0. The number of nitrogens with zero attached hydrogens (tertiary/aromatic N) is 3. The molecule has 3 aliphatic rings. The van der Waals surface area contributed by atoms with Crippen LogP contribution >= 0.6 is 11.6 Å². The first-order valence-electron chi connectivity index (χ1n) is 12.3. The van der Waals surface area contributed by atoms with Crippen LogP contribution in [0.5, 0.6) is 0 Å². The highest BCUT2D eigenvalue weighted by molar-refractivity contribution is 6.30. The molecule has 0 radical (unpaired) electrons. The Bertz CT molecular complexity index is 1210. The van der Waals surface area contributed by atoms with Crippen LogP contribution in [0.2, 0.25) is 5.02 Å². The summed E-state index contributed by atoms with van der Waals surface area (Å²) in [5, 5.41) is 3.55. The first-order chi connectivity index (χ1) is 17.5. The maximum atomic E-state index is 14.1. The number of carbonyl (C=O) groups is 3. The van der Waals surface area contributed by atoms with Gasteiger partial charge in [-0.1, -0.05) is 60.1 Å². The van der Waals surface area contributed by atoms with Crippen molar-refractivity contribution >= 4 is 29.4 Å². The summed E-state index contributed by atoms with van der Waals surface area (Å²) in [4.78, 5) is 46.0. The number of carbonyl (C=O) groups excluding carboxylic acids is 3. The molecule has 1 N–H and O–H groups in total. The molecule has 3 heterocycles. The Kier molecular flexibility index (Phi) is 6.83. The lowest BCUT2D eigenvalue weighted by atomic mass is 9.95. The van der Waals surface area contributed by atoms with Crippen molar-refractivity contribution in [2.24, 2.45) is 0 Å². The topological polar surface area (TPSA) is 73.0 Å². The summed E-state index contributed by atoms with van der Waals surface area (Å²) in [6.45, 7) is 5.65. The van der Waals surface area contributed by atoms with Crippen LogP contribution in [0.4, 0.5) is 4.79 Å². The molecule has 1 fully saturated rings. The highest BCUT2D eigenvalue weighted by Crippen LogP contribution is 2.38. The van der Waals surface area contributed by atoms with Gasteiger partial charge in [0.1, 0.15) is 6.04 Å². The zero-order valence-corrected chi connectivity index (χ0v) is 20.8. The van der Waals surface area contributed by atoms with E-state index in [-0.39, 0.29) is 30.9 Å². The molecule has 0 saturated carbocycles. The van der Waals surface area contributed by atoms with E-state index in [4.69, 9.17) is 11.6 Å². The molecular weight excluding hydrogens is 476 g/mol. The molecule has 7 nitrogen and oxygen atoms in total. The molecule has 36 heavy (non-hydrogen) atoms. The molecule has 5 rings (SSSR count). The second-order valence-corrected chi connectivity index (χ2v) is 9.80. The number of benzene rings is 2. The first-order valence-corrected chi connectivity index (χ1v) is 12.7. The molecule has 1 saturated heterocycles. The molecule has 0 aliphatic carbocycles. The van der Waals surface area contributed by atoms with Crippen LogP contribution in [0.25, 0.3) is 0 Å². The van der Waals surface area contributed by atoms with Crippen molar-refractivity contribution < 1.29 is 14.4 Å². The number of hydrogen-bond donors (Lipinski definition) is 1. The molecule has 186 valence electrons. The molecule has 3 aliphatic heterocycles. The Morgan fingerprint density at radius 1 is 1.08 bits per heavy atom. The lowest BCUT2D eigenvalue weighted by Gasteiger charge is -2.33.